The fourth-order valence-electron chi connectivity index (χ4n) is 2.29. The summed E-state index contributed by atoms with van der Waals surface area (Å²) in [6.45, 7) is 3.89. The standard InChI is InChI=1S/C16H14BrN3O2/c1-9-8-10(2)18-16(21-3)13(9)14-19-15(22-20-14)11-6-4-5-7-12(11)17/h4-8H,1-3H3. The number of hydrogen-bond donors (Lipinski definition) is 0. The van der Waals surface area contributed by atoms with E-state index in [1.165, 1.54) is 0 Å². The van der Waals surface area contributed by atoms with Crippen LogP contribution in [0.25, 0.3) is 22.8 Å². The lowest BCUT2D eigenvalue weighted by Crippen LogP contribution is -1.97. The number of methoxy groups -OCH3 is 1. The highest BCUT2D eigenvalue weighted by molar-refractivity contribution is 9.10. The van der Waals surface area contributed by atoms with E-state index in [1.807, 2.05) is 44.2 Å². The zero-order valence-electron chi connectivity index (χ0n) is 12.4. The minimum atomic E-state index is 0.449. The van der Waals surface area contributed by atoms with Crippen LogP contribution in [0.2, 0.25) is 0 Å². The summed E-state index contributed by atoms with van der Waals surface area (Å²) in [7, 11) is 1.58. The number of aryl methyl sites for hydroxylation is 2. The molecule has 3 rings (SSSR count). The first-order valence-electron chi connectivity index (χ1n) is 6.71. The van der Waals surface area contributed by atoms with Crippen LogP contribution in [0.3, 0.4) is 0 Å². The van der Waals surface area contributed by atoms with Crippen LogP contribution in [-0.2, 0) is 0 Å². The molecule has 0 fully saturated rings. The summed E-state index contributed by atoms with van der Waals surface area (Å²) in [5, 5.41) is 4.08. The molecule has 0 saturated carbocycles. The molecular weight excluding hydrogens is 346 g/mol. The second-order valence-electron chi connectivity index (χ2n) is 4.87. The molecule has 0 amide bonds. The Morgan fingerprint density at radius 2 is 1.91 bits per heavy atom. The predicted molar refractivity (Wildman–Crippen MR) is 86.7 cm³/mol. The van der Waals surface area contributed by atoms with Crippen molar-refractivity contribution in [2.24, 2.45) is 0 Å². The van der Waals surface area contributed by atoms with E-state index in [1.54, 1.807) is 7.11 Å². The molecule has 2 heterocycles. The van der Waals surface area contributed by atoms with Crippen molar-refractivity contribution in [3.63, 3.8) is 0 Å². The van der Waals surface area contributed by atoms with Crippen molar-refractivity contribution in [3.8, 4) is 28.7 Å². The zero-order chi connectivity index (χ0) is 15.7. The van der Waals surface area contributed by atoms with Gasteiger partial charge in [0.05, 0.1) is 18.2 Å². The van der Waals surface area contributed by atoms with Crippen molar-refractivity contribution in [1.82, 2.24) is 15.1 Å². The van der Waals surface area contributed by atoms with E-state index in [-0.39, 0.29) is 0 Å². The van der Waals surface area contributed by atoms with Crippen LogP contribution >= 0.6 is 15.9 Å². The molecule has 0 N–H and O–H groups in total. The molecule has 0 radical (unpaired) electrons. The van der Waals surface area contributed by atoms with Gasteiger partial charge in [-0.2, -0.15) is 4.98 Å². The molecular formula is C16H14BrN3O2. The van der Waals surface area contributed by atoms with Crippen molar-refractivity contribution in [3.05, 3.63) is 46.1 Å². The van der Waals surface area contributed by atoms with Crippen molar-refractivity contribution < 1.29 is 9.26 Å². The van der Waals surface area contributed by atoms with Gasteiger partial charge in [0.15, 0.2) is 0 Å². The normalized spacial score (nSPS) is 10.7. The molecule has 0 saturated heterocycles. The van der Waals surface area contributed by atoms with Gasteiger partial charge in [0, 0.05) is 10.2 Å². The van der Waals surface area contributed by atoms with Crippen molar-refractivity contribution >= 4 is 15.9 Å². The molecule has 0 aliphatic carbocycles. The highest BCUT2D eigenvalue weighted by Gasteiger charge is 2.19. The average molecular weight is 360 g/mol. The van der Waals surface area contributed by atoms with Crippen LogP contribution in [0, 0.1) is 13.8 Å². The topological polar surface area (TPSA) is 61.0 Å². The van der Waals surface area contributed by atoms with Crippen LogP contribution in [0.5, 0.6) is 5.88 Å². The van der Waals surface area contributed by atoms with E-state index in [0.717, 1.165) is 26.9 Å². The Bertz CT molecular complexity index is 830. The summed E-state index contributed by atoms with van der Waals surface area (Å²) < 4.78 is 11.7. The zero-order valence-corrected chi connectivity index (χ0v) is 14.0. The van der Waals surface area contributed by atoms with Crippen LogP contribution in [-0.4, -0.2) is 22.2 Å². The summed E-state index contributed by atoms with van der Waals surface area (Å²) in [6.07, 6.45) is 0. The number of ether oxygens (including phenoxy) is 1. The third-order valence-electron chi connectivity index (χ3n) is 3.26. The highest BCUT2D eigenvalue weighted by Crippen LogP contribution is 2.33. The van der Waals surface area contributed by atoms with Gasteiger partial charge in [-0.3, -0.25) is 0 Å². The maximum Gasteiger partial charge on any atom is 0.259 e. The van der Waals surface area contributed by atoms with Gasteiger partial charge in [0.2, 0.25) is 11.7 Å². The monoisotopic (exact) mass is 359 g/mol. The number of aromatic nitrogens is 3. The number of hydrogen-bond acceptors (Lipinski definition) is 5. The van der Waals surface area contributed by atoms with Crippen molar-refractivity contribution in [2.45, 2.75) is 13.8 Å². The molecule has 0 atom stereocenters. The maximum absolute atomic E-state index is 5.40. The number of rotatable bonds is 3. The average Bonchev–Trinajstić information content (AvgIpc) is 2.96. The number of halogens is 1. The Labute approximate surface area is 136 Å². The molecule has 2 aromatic heterocycles. The smallest absolute Gasteiger partial charge is 0.259 e. The van der Waals surface area contributed by atoms with Gasteiger partial charge >= 0.3 is 0 Å². The Morgan fingerprint density at radius 1 is 1.14 bits per heavy atom. The summed E-state index contributed by atoms with van der Waals surface area (Å²) >= 11 is 3.49. The lowest BCUT2D eigenvalue weighted by Gasteiger charge is -2.08. The summed E-state index contributed by atoms with van der Waals surface area (Å²) in [4.78, 5) is 8.86. The lowest BCUT2D eigenvalue weighted by atomic mass is 10.1. The molecule has 0 bridgehead atoms. The van der Waals surface area contributed by atoms with E-state index in [2.05, 4.69) is 31.1 Å². The fraction of sp³-hybridized carbons (Fsp3) is 0.188. The Balaban J connectivity index is 2.11. The molecule has 0 aliphatic heterocycles. The first kappa shape index (κ1) is 14.7. The maximum atomic E-state index is 5.40. The van der Waals surface area contributed by atoms with Gasteiger partial charge < -0.3 is 9.26 Å². The van der Waals surface area contributed by atoms with E-state index < -0.39 is 0 Å². The predicted octanol–water partition coefficient (Wildman–Crippen LogP) is 4.19. The first-order chi connectivity index (χ1) is 10.6. The second-order valence-corrected chi connectivity index (χ2v) is 5.72. The SMILES string of the molecule is COc1nc(C)cc(C)c1-c1noc(-c2ccccc2Br)n1. The summed E-state index contributed by atoms with van der Waals surface area (Å²) in [6, 6.07) is 9.66. The van der Waals surface area contributed by atoms with Gasteiger partial charge in [0.25, 0.3) is 5.89 Å². The Hall–Kier alpha value is -2.21. The summed E-state index contributed by atoms with van der Waals surface area (Å²) in [5.41, 5.74) is 3.46. The molecule has 112 valence electrons. The van der Waals surface area contributed by atoms with Gasteiger partial charge in [-0.15, -0.1) is 0 Å². The number of benzene rings is 1. The molecule has 6 heteroatoms. The van der Waals surface area contributed by atoms with E-state index in [0.29, 0.717) is 17.6 Å². The van der Waals surface area contributed by atoms with Crippen molar-refractivity contribution in [2.75, 3.05) is 7.11 Å². The van der Waals surface area contributed by atoms with E-state index in [4.69, 9.17) is 9.26 Å². The quantitative estimate of drug-likeness (QED) is 0.701. The van der Waals surface area contributed by atoms with Crippen molar-refractivity contribution in [1.29, 1.82) is 0 Å². The first-order valence-corrected chi connectivity index (χ1v) is 7.50. The molecule has 22 heavy (non-hydrogen) atoms. The third-order valence-corrected chi connectivity index (χ3v) is 3.95. The number of pyridine rings is 1. The molecule has 0 aliphatic rings. The summed E-state index contributed by atoms with van der Waals surface area (Å²) in [5.74, 6) is 1.41. The Kier molecular flexibility index (Phi) is 3.94. The van der Waals surface area contributed by atoms with Gasteiger partial charge in [-0.1, -0.05) is 17.3 Å². The third kappa shape index (κ3) is 2.62. The van der Waals surface area contributed by atoms with E-state index >= 15 is 0 Å². The van der Waals surface area contributed by atoms with E-state index in [9.17, 15) is 0 Å². The molecule has 5 nitrogen and oxygen atoms in total. The fourth-order valence-corrected chi connectivity index (χ4v) is 2.75. The minimum Gasteiger partial charge on any atom is -0.480 e. The van der Waals surface area contributed by atoms with Crippen LogP contribution < -0.4 is 4.74 Å². The number of nitrogens with zero attached hydrogens (tertiary/aromatic N) is 3. The molecule has 3 aromatic rings. The van der Waals surface area contributed by atoms with Crippen LogP contribution in [0.4, 0.5) is 0 Å². The molecule has 0 spiro atoms. The van der Waals surface area contributed by atoms with Gasteiger partial charge in [-0.25, -0.2) is 4.98 Å². The lowest BCUT2D eigenvalue weighted by molar-refractivity contribution is 0.396. The second kappa shape index (κ2) is 5.88. The molecule has 1 aromatic carbocycles. The Morgan fingerprint density at radius 3 is 2.64 bits per heavy atom. The van der Waals surface area contributed by atoms with Gasteiger partial charge in [-0.05, 0) is 53.5 Å². The van der Waals surface area contributed by atoms with Gasteiger partial charge in [0.1, 0.15) is 0 Å². The van der Waals surface area contributed by atoms with Crippen LogP contribution in [0.15, 0.2) is 39.3 Å². The largest absolute Gasteiger partial charge is 0.480 e. The minimum absolute atomic E-state index is 0.449. The highest BCUT2D eigenvalue weighted by atomic mass is 79.9. The van der Waals surface area contributed by atoms with Crippen LogP contribution in [0.1, 0.15) is 11.3 Å². The molecule has 0 unspecified atom stereocenters.